The topological polar surface area (TPSA) is 103 Å². The summed E-state index contributed by atoms with van der Waals surface area (Å²) in [7, 11) is 1.92. The average molecular weight is 506 g/mol. The lowest BCUT2D eigenvalue weighted by Gasteiger charge is -2.21. The molecule has 0 spiro atoms. The van der Waals surface area contributed by atoms with Gasteiger partial charge in [-0.3, -0.25) is 24.7 Å². The van der Waals surface area contributed by atoms with E-state index in [0.717, 1.165) is 38.6 Å². The van der Waals surface area contributed by atoms with Gasteiger partial charge in [-0.15, -0.1) is 11.8 Å². The van der Waals surface area contributed by atoms with Crippen molar-refractivity contribution in [2.45, 2.75) is 63.2 Å². The molecule has 188 valence electrons. The lowest BCUT2D eigenvalue weighted by Crippen LogP contribution is -2.19. The Morgan fingerprint density at radius 3 is 2.22 bits per heavy atom. The molecule has 1 unspecified atom stereocenters. The number of hydrogen-bond donors (Lipinski definition) is 1. The van der Waals surface area contributed by atoms with Gasteiger partial charge in [0.15, 0.2) is 0 Å². The predicted molar refractivity (Wildman–Crippen MR) is 140 cm³/mol. The molecular weight excluding hydrogens is 474 g/mol. The van der Waals surface area contributed by atoms with Crippen LogP contribution in [0, 0.1) is 13.8 Å². The van der Waals surface area contributed by atoms with Crippen LogP contribution in [-0.2, 0) is 24.9 Å². The Hall–Kier alpha value is -3.46. The number of aromatic nitrogens is 5. The number of hydrogen-bond acceptors (Lipinski definition) is 7. The van der Waals surface area contributed by atoms with Gasteiger partial charge >= 0.3 is 5.97 Å². The van der Waals surface area contributed by atoms with Crippen molar-refractivity contribution in [2.75, 3.05) is 0 Å². The molecule has 0 aliphatic carbocycles. The van der Waals surface area contributed by atoms with E-state index in [9.17, 15) is 9.90 Å². The monoisotopic (exact) mass is 505 g/mol. The standard InChI is InChI=1S/C27H31N5O3S/c1-16-11-30-18(13-28-16)9-22(26(33)34)24-25(36-27(3,4)5)21-10-20(7-8-23(21)32(24)6)35-15-19-14-29-17(2)12-31-19/h7-8,10-14,22H,9,15H2,1-6H3,(H,33,34). The third-order valence-corrected chi connectivity index (χ3v) is 6.92. The second-order valence-corrected chi connectivity index (χ2v) is 11.7. The summed E-state index contributed by atoms with van der Waals surface area (Å²) in [6, 6.07) is 5.87. The van der Waals surface area contributed by atoms with E-state index in [1.54, 1.807) is 36.5 Å². The minimum atomic E-state index is -0.895. The first-order valence-corrected chi connectivity index (χ1v) is 12.6. The molecule has 0 fully saturated rings. The zero-order chi connectivity index (χ0) is 26.0. The molecule has 1 atom stereocenters. The van der Waals surface area contributed by atoms with Crippen molar-refractivity contribution in [1.29, 1.82) is 0 Å². The summed E-state index contributed by atoms with van der Waals surface area (Å²) in [6.07, 6.45) is 7.00. The van der Waals surface area contributed by atoms with E-state index in [1.807, 2.05) is 43.7 Å². The molecule has 8 nitrogen and oxygen atoms in total. The van der Waals surface area contributed by atoms with Gasteiger partial charge in [-0.05, 0) is 32.0 Å². The minimum absolute atomic E-state index is 0.135. The normalized spacial score (nSPS) is 12.6. The summed E-state index contributed by atoms with van der Waals surface area (Å²) < 4.78 is 7.88. The fraction of sp³-hybridized carbons (Fsp3) is 0.370. The number of carboxylic acids is 1. The summed E-state index contributed by atoms with van der Waals surface area (Å²) in [6.45, 7) is 10.4. The van der Waals surface area contributed by atoms with Gasteiger partial charge in [0.2, 0.25) is 0 Å². The molecule has 4 aromatic rings. The van der Waals surface area contributed by atoms with Crippen LogP contribution in [0.25, 0.3) is 10.9 Å². The number of rotatable bonds is 8. The molecule has 1 aromatic carbocycles. The Morgan fingerprint density at radius 2 is 1.67 bits per heavy atom. The van der Waals surface area contributed by atoms with Crippen molar-refractivity contribution < 1.29 is 14.6 Å². The van der Waals surface area contributed by atoms with E-state index in [-0.39, 0.29) is 11.2 Å². The van der Waals surface area contributed by atoms with Gasteiger partial charge in [-0.1, -0.05) is 20.8 Å². The van der Waals surface area contributed by atoms with E-state index in [1.165, 1.54) is 0 Å². The number of carboxylic acid groups (broad SMARTS) is 1. The first kappa shape index (κ1) is 25.6. The smallest absolute Gasteiger partial charge is 0.312 e. The Morgan fingerprint density at radius 1 is 1.03 bits per heavy atom. The third kappa shape index (κ3) is 5.84. The maximum absolute atomic E-state index is 12.6. The van der Waals surface area contributed by atoms with E-state index in [4.69, 9.17) is 4.74 Å². The molecule has 9 heteroatoms. The molecular formula is C27H31N5O3S. The second kappa shape index (κ2) is 10.3. The Labute approximate surface area is 215 Å². The molecule has 0 aliphatic rings. The number of carbonyl (C=O) groups is 1. The number of benzene rings is 1. The molecule has 0 radical (unpaired) electrons. The van der Waals surface area contributed by atoms with Gasteiger partial charge in [0.1, 0.15) is 18.3 Å². The third-order valence-electron chi connectivity index (χ3n) is 5.67. The van der Waals surface area contributed by atoms with E-state index < -0.39 is 11.9 Å². The van der Waals surface area contributed by atoms with Crippen LogP contribution in [0.3, 0.4) is 0 Å². The zero-order valence-electron chi connectivity index (χ0n) is 21.4. The minimum Gasteiger partial charge on any atom is -0.487 e. The van der Waals surface area contributed by atoms with E-state index in [2.05, 4.69) is 40.7 Å². The van der Waals surface area contributed by atoms with Crippen LogP contribution in [-0.4, -0.2) is 40.3 Å². The van der Waals surface area contributed by atoms with Gasteiger partial charge in [0.25, 0.3) is 0 Å². The van der Waals surface area contributed by atoms with Gasteiger partial charge < -0.3 is 14.4 Å². The summed E-state index contributed by atoms with van der Waals surface area (Å²) in [5.74, 6) is -0.987. The predicted octanol–water partition coefficient (Wildman–Crippen LogP) is 5.26. The maximum Gasteiger partial charge on any atom is 0.312 e. The van der Waals surface area contributed by atoms with Crippen molar-refractivity contribution in [2.24, 2.45) is 7.05 Å². The van der Waals surface area contributed by atoms with E-state index in [0.29, 0.717) is 18.1 Å². The largest absolute Gasteiger partial charge is 0.487 e. The average Bonchev–Trinajstić information content (AvgIpc) is 3.07. The lowest BCUT2D eigenvalue weighted by molar-refractivity contribution is -0.139. The van der Waals surface area contributed by atoms with Crippen LogP contribution in [0.1, 0.15) is 55.2 Å². The highest BCUT2D eigenvalue weighted by Gasteiger charge is 2.31. The molecule has 4 rings (SSSR count). The van der Waals surface area contributed by atoms with Crippen LogP contribution in [0.5, 0.6) is 5.75 Å². The second-order valence-electron chi connectivity index (χ2n) is 9.85. The quantitative estimate of drug-likeness (QED) is 0.324. The van der Waals surface area contributed by atoms with Crippen LogP contribution >= 0.6 is 11.8 Å². The zero-order valence-corrected chi connectivity index (χ0v) is 22.3. The maximum atomic E-state index is 12.6. The molecule has 0 amide bonds. The summed E-state index contributed by atoms with van der Waals surface area (Å²) in [5, 5.41) is 11.3. The summed E-state index contributed by atoms with van der Waals surface area (Å²) in [4.78, 5) is 30.8. The lowest BCUT2D eigenvalue weighted by atomic mass is 9.99. The highest BCUT2D eigenvalue weighted by Crippen LogP contribution is 2.44. The van der Waals surface area contributed by atoms with Crippen molar-refractivity contribution in [3.8, 4) is 5.75 Å². The molecule has 0 saturated heterocycles. The Kier molecular flexibility index (Phi) is 7.31. The molecule has 3 aromatic heterocycles. The first-order chi connectivity index (χ1) is 17.0. The molecule has 3 heterocycles. The fourth-order valence-electron chi connectivity index (χ4n) is 3.99. The van der Waals surface area contributed by atoms with Crippen LogP contribution in [0.4, 0.5) is 0 Å². The van der Waals surface area contributed by atoms with Gasteiger partial charge in [-0.25, -0.2) is 0 Å². The number of aryl methyl sites for hydroxylation is 3. The Bertz CT molecular complexity index is 1380. The van der Waals surface area contributed by atoms with E-state index >= 15 is 0 Å². The van der Waals surface area contributed by atoms with Crippen LogP contribution in [0.15, 0.2) is 47.9 Å². The van der Waals surface area contributed by atoms with Crippen LogP contribution in [0.2, 0.25) is 0 Å². The first-order valence-electron chi connectivity index (χ1n) is 11.7. The van der Waals surface area contributed by atoms with Crippen molar-refractivity contribution in [1.82, 2.24) is 24.5 Å². The van der Waals surface area contributed by atoms with Gasteiger partial charge in [0.05, 0.1) is 29.0 Å². The molecule has 1 N–H and O–H groups in total. The van der Waals surface area contributed by atoms with Crippen molar-refractivity contribution in [3.05, 3.63) is 71.5 Å². The fourth-order valence-corrected chi connectivity index (χ4v) is 5.26. The van der Waals surface area contributed by atoms with Gasteiger partial charge in [0, 0.05) is 58.3 Å². The molecule has 0 aliphatic heterocycles. The van der Waals surface area contributed by atoms with Crippen molar-refractivity contribution in [3.63, 3.8) is 0 Å². The molecule has 0 bridgehead atoms. The number of fused-ring (bicyclic) bond motifs is 1. The number of thioether (sulfide) groups is 1. The highest BCUT2D eigenvalue weighted by molar-refractivity contribution is 8.00. The molecule has 36 heavy (non-hydrogen) atoms. The van der Waals surface area contributed by atoms with Crippen LogP contribution < -0.4 is 4.74 Å². The summed E-state index contributed by atoms with van der Waals surface area (Å²) in [5.41, 5.74) is 4.73. The number of ether oxygens (including phenoxy) is 1. The van der Waals surface area contributed by atoms with Gasteiger partial charge in [-0.2, -0.15) is 0 Å². The van der Waals surface area contributed by atoms with Crippen molar-refractivity contribution >= 4 is 28.6 Å². The summed E-state index contributed by atoms with van der Waals surface area (Å²) >= 11 is 1.66. The number of nitrogens with zero attached hydrogens (tertiary/aromatic N) is 5. The SMILES string of the molecule is Cc1cnc(COc2ccc3c(c2)c(SC(C)(C)C)c(C(Cc2cnc(C)cn2)C(=O)O)n3C)cn1. The molecule has 0 saturated carbocycles. The number of aliphatic carboxylic acids is 1. The highest BCUT2D eigenvalue weighted by atomic mass is 32.2. The Balaban J connectivity index is 1.76.